The van der Waals surface area contributed by atoms with E-state index in [4.69, 9.17) is 4.42 Å². The summed E-state index contributed by atoms with van der Waals surface area (Å²) in [6.07, 6.45) is 7.08. The lowest BCUT2D eigenvalue weighted by atomic mass is 9.98. The number of nitrogens with one attached hydrogen (secondary N) is 1. The lowest BCUT2D eigenvalue weighted by molar-refractivity contribution is -0.113. The van der Waals surface area contributed by atoms with Crippen molar-refractivity contribution in [3.05, 3.63) is 54.0 Å². The zero-order valence-electron chi connectivity index (χ0n) is 16.5. The average molecular weight is 412 g/mol. The van der Waals surface area contributed by atoms with Crippen LogP contribution in [0.25, 0.3) is 0 Å². The number of nitrogens with zero attached hydrogens (tertiary/aromatic N) is 4. The molecular formula is C21H25N5O2S. The standard InChI is InChI=1S/C21H25N5O2S/c1-15(16-7-3-2-4-8-16)13-20-24-25-21(28-20)29-14-19(27)23-18-11-12-22-26(18)17-9-5-6-10-17/h2-4,7-8,11-12,15,17H,5-6,9-10,13-14H2,1H3,(H,23,27). The first-order chi connectivity index (χ1) is 14.2. The number of aromatic nitrogens is 4. The van der Waals surface area contributed by atoms with Gasteiger partial charge in [0.25, 0.3) is 5.22 Å². The van der Waals surface area contributed by atoms with Gasteiger partial charge in [-0.05, 0) is 24.3 Å². The van der Waals surface area contributed by atoms with E-state index < -0.39 is 0 Å². The maximum absolute atomic E-state index is 12.4. The second kappa shape index (κ2) is 9.26. The quantitative estimate of drug-likeness (QED) is 0.551. The Morgan fingerprint density at radius 2 is 2.03 bits per heavy atom. The van der Waals surface area contributed by atoms with Crippen molar-refractivity contribution in [2.75, 3.05) is 11.1 Å². The van der Waals surface area contributed by atoms with Gasteiger partial charge < -0.3 is 9.73 Å². The fourth-order valence-electron chi connectivity index (χ4n) is 3.70. The Labute approximate surface area is 174 Å². The van der Waals surface area contributed by atoms with Crippen molar-refractivity contribution < 1.29 is 9.21 Å². The molecule has 29 heavy (non-hydrogen) atoms. The normalized spacial score (nSPS) is 15.5. The SMILES string of the molecule is CC(Cc1nnc(SCC(=O)Nc2ccnn2C2CCCC2)o1)c1ccccc1. The molecule has 2 aromatic heterocycles. The minimum atomic E-state index is -0.104. The van der Waals surface area contributed by atoms with Gasteiger partial charge >= 0.3 is 0 Å². The van der Waals surface area contributed by atoms with Crippen molar-refractivity contribution in [1.82, 2.24) is 20.0 Å². The van der Waals surface area contributed by atoms with E-state index >= 15 is 0 Å². The van der Waals surface area contributed by atoms with Crippen LogP contribution >= 0.6 is 11.8 Å². The summed E-state index contributed by atoms with van der Waals surface area (Å²) in [7, 11) is 0. The summed E-state index contributed by atoms with van der Waals surface area (Å²) in [5.74, 6) is 1.74. The molecule has 152 valence electrons. The molecule has 1 saturated carbocycles. The van der Waals surface area contributed by atoms with Crippen molar-refractivity contribution in [3.63, 3.8) is 0 Å². The molecule has 7 nitrogen and oxygen atoms in total. The highest BCUT2D eigenvalue weighted by atomic mass is 32.2. The Morgan fingerprint density at radius 3 is 2.83 bits per heavy atom. The van der Waals surface area contributed by atoms with E-state index in [1.165, 1.54) is 30.2 Å². The summed E-state index contributed by atoms with van der Waals surface area (Å²) in [6, 6.07) is 12.5. The summed E-state index contributed by atoms with van der Waals surface area (Å²) in [5, 5.41) is 15.9. The molecule has 1 N–H and O–H groups in total. The second-order valence-electron chi connectivity index (χ2n) is 7.41. The number of hydrogen-bond donors (Lipinski definition) is 1. The van der Waals surface area contributed by atoms with Crippen LogP contribution in [0.5, 0.6) is 0 Å². The van der Waals surface area contributed by atoms with E-state index in [1.54, 1.807) is 6.20 Å². The number of thioether (sulfide) groups is 1. The molecule has 4 rings (SSSR count). The Morgan fingerprint density at radius 1 is 1.24 bits per heavy atom. The minimum Gasteiger partial charge on any atom is -0.416 e. The van der Waals surface area contributed by atoms with E-state index in [1.807, 2.05) is 28.9 Å². The fourth-order valence-corrected chi connectivity index (χ4v) is 4.28. The molecule has 0 radical (unpaired) electrons. The van der Waals surface area contributed by atoms with Crippen molar-refractivity contribution >= 4 is 23.5 Å². The van der Waals surface area contributed by atoms with Gasteiger partial charge in [-0.2, -0.15) is 5.10 Å². The summed E-state index contributed by atoms with van der Waals surface area (Å²) >= 11 is 1.25. The number of amides is 1. The highest BCUT2D eigenvalue weighted by molar-refractivity contribution is 7.99. The third-order valence-electron chi connectivity index (χ3n) is 5.23. The topological polar surface area (TPSA) is 85.8 Å². The molecular weight excluding hydrogens is 386 g/mol. The predicted molar refractivity (Wildman–Crippen MR) is 112 cm³/mol. The molecule has 1 aliphatic rings. The smallest absolute Gasteiger partial charge is 0.277 e. The Kier molecular flexibility index (Phi) is 6.29. The first-order valence-corrected chi connectivity index (χ1v) is 11.0. The first kappa shape index (κ1) is 19.7. The Balaban J connectivity index is 1.28. The molecule has 3 aromatic rings. The van der Waals surface area contributed by atoms with Gasteiger partial charge in [-0.15, -0.1) is 10.2 Å². The van der Waals surface area contributed by atoms with Crippen LogP contribution in [0.2, 0.25) is 0 Å². The maximum atomic E-state index is 12.4. The van der Waals surface area contributed by atoms with Crippen LogP contribution in [0.15, 0.2) is 52.2 Å². The van der Waals surface area contributed by atoms with Crippen LogP contribution in [0, 0.1) is 0 Å². The molecule has 0 saturated heterocycles. The molecule has 8 heteroatoms. The van der Waals surface area contributed by atoms with E-state index in [-0.39, 0.29) is 17.6 Å². The van der Waals surface area contributed by atoms with Gasteiger partial charge in [0.2, 0.25) is 11.8 Å². The van der Waals surface area contributed by atoms with Crippen LogP contribution < -0.4 is 5.32 Å². The number of hydrogen-bond acceptors (Lipinski definition) is 6. The number of benzene rings is 1. The van der Waals surface area contributed by atoms with Gasteiger partial charge in [0.15, 0.2) is 0 Å². The van der Waals surface area contributed by atoms with Crippen LogP contribution in [0.1, 0.15) is 56.0 Å². The van der Waals surface area contributed by atoms with Gasteiger partial charge in [0.1, 0.15) is 5.82 Å². The highest BCUT2D eigenvalue weighted by Crippen LogP contribution is 2.31. The van der Waals surface area contributed by atoms with E-state index in [0.717, 1.165) is 18.7 Å². The van der Waals surface area contributed by atoms with Crippen molar-refractivity contribution in [2.45, 2.75) is 56.2 Å². The fraction of sp³-hybridized carbons (Fsp3) is 0.429. The highest BCUT2D eigenvalue weighted by Gasteiger charge is 2.21. The molecule has 0 aliphatic heterocycles. The molecule has 1 aliphatic carbocycles. The number of rotatable bonds is 8. The van der Waals surface area contributed by atoms with Crippen LogP contribution in [0.4, 0.5) is 5.82 Å². The molecule has 1 aromatic carbocycles. The third-order valence-corrected chi connectivity index (χ3v) is 6.05. The van der Waals surface area contributed by atoms with Gasteiger partial charge in [-0.25, -0.2) is 4.68 Å². The molecule has 1 unspecified atom stereocenters. The third kappa shape index (κ3) is 5.06. The molecule has 1 fully saturated rings. The second-order valence-corrected chi connectivity index (χ2v) is 8.34. The van der Waals surface area contributed by atoms with Gasteiger partial charge in [-0.1, -0.05) is 61.9 Å². The minimum absolute atomic E-state index is 0.104. The Bertz CT molecular complexity index is 933. The molecule has 2 heterocycles. The lowest BCUT2D eigenvalue weighted by Gasteiger charge is -2.14. The predicted octanol–water partition coefficient (Wildman–Crippen LogP) is 4.46. The summed E-state index contributed by atoms with van der Waals surface area (Å²) in [4.78, 5) is 12.4. The van der Waals surface area contributed by atoms with Crippen molar-refractivity contribution in [3.8, 4) is 0 Å². The van der Waals surface area contributed by atoms with Crippen LogP contribution in [0.3, 0.4) is 0 Å². The van der Waals surface area contributed by atoms with Gasteiger partial charge in [0, 0.05) is 12.5 Å². The van der Waals surface area contributed by atoms with Gasteiger partial charge in [0.05, 0.1) is 18.0 Å². The van der Waals surface area contributed by atoms with E-state index in [2.05, 4.69) is 39.7 Å². The van der Waals surface area contributed by atoms with E-state index in [0.29, 0.717) is 23.6 Å². The molecule has 1 atom stereocenters. The molecule has 1 amide bonds. The monoisotopic (exact) mass is 411 g/mol. The summed E-state index contributed by atoms with van der Waals surface area (Å²) in [6.45, 7) is 2.13. The maximum Gasteiger partial charge on any atom is 0.277 e. The summed E-state index contributed by atoms with van der Waals surface area (Å²) in [5.41, 5.74) is 1.23. The zero-order valence-corrected chi connectivity index (χ0v) is 17.3. The number of carbonyl (C=O) groups excluding carboxylic acids is 1. The number of carbonyl (C=O) groups is 1. The summed E-state index contributed by atoms with van der Waals surface area (Å²) < 4.78 is 7.65. The molecule has 0 bridgehead atoms. The zero-order chi connectivity index (χ0) is 20.1. The first-order valence-electron chi connectivity index (χ1n) is 10.0. The average Bonchev–Trinajstić information content (AvgIpc) is 3.49. The largest absolute Gasteiger partial charge is 0.416 e. The lowest BCUT2D eigenvalue weighted by Crippen LogP contribution is -2.19. The van der Waals surface area contributed by atoms with Crippen LogP contribution in [-0.4, -0.2) is 31.6 Å². The Hall–Kier alpha value is -2.61. The van der Waals surface area contributed by atoms with Crippen LogP contribution in [-0.2, 0) is 11.2 Å². The van der Waals surface area contributed by atoms with Gasteiger partial charge in [-0.3, -0.25) is 4.79 Å². The van der Waals surface area contributed by atoms with Crippen molar-refractivity contribution in [1.29, 1.82) is 0 Å². The van der Waals surface area contributed by atoms with Crippen molar-refractivity contribution in [2.24, 2.45) is 0 Å². The molecule has 0 spiro atoms. The van der Waals surface area contributed by atoms with E-state index in [9.17, 15) is 4.79 Å². The number of anilines is 1.